The van der Waals surface area contributed by atoms with E-state index in [0.29, 0.717) is 37.7 Å². The Balaban J connectivity index is 1.68. The van der Waals surface area contributed by atoms with Crippen molar-refractivity contribution in [3.63, 3.8) is 0 Å². The average molecular weight is 353 g/mol. The lowest BCUT2D eigenvalue weighted by Crippen LogP contribution is -2.53. The Bertz CT molecular complexity index is 725. The van der Waals surface area contributed by atoms with E-state index in [1.807, 2.05) is 13.8 Å². The van der Waals surface area contributed by atoms with Crippen LogP contribution in [0.5, 0.6) is 5.75 Å². The molecule has 1 N–H and O–H groups in total. The van der Waals surface area contributed by atoms with Gasteiger partial charge in [-0.25, -0.2) is 13.2 Å². The van der Waals surface area contributed by atoms with Crippen LogP contribution in [-0.2, 0) is 16.4 Å². The number of carbonyl (C=O) groups is 1. The van der Waals surface area contributed by atoms with Crippen molar-refractivity contribution in [3.8, 4) is 5.75 Å². The lowest BCUT2D eigenvalue weighted by molar-refractivity contribution is 0.170. The van der Waals surface area contributed by atoms with E-state index >= 15 is 0 Å². The highest BCUT2D eigenvalue weighted by Crippen LogP contribution is 2.29. The Hall–Kier alpha value is -1.80. The molecule has 2 aliphatic rings. The molecule has 0 saturated carbocycles. The van der Waals surface area contributed by atoms with Crippen LogP contribution >= 0.6 is 0 Å². The second-order valence-electron chi connectivity index (χ2n) is 6.36. The first-order chi connectivity index (χ1) is 11.4. The van der Waals surface area contributed by atoms with E-state index in [2.05, 4.69) is 5.32 Å². The van der Waals surface area contributed by atoms with Crippen molar-refractivity contribution in [3.05, 3.63) is 23.8 Å². The molecule has 1 aromatic rings. The van der Waals surface area contributed by atoms with Crippen LogP contribution in [0.15, 0.2) is 23.1 Å². The van der Waals surface area contributed by atoms with Crippen LogP contribution in [0, 0.1) is 0 Å². The van der Waals surface area contributed by atoms with Gasteiger partial charge in [0.1, 0.15) is 5.75 Å². The molecule has 2 heterocycles. The molecule has 0 aromatic heterocycles. The average Bonchev–Trinajstić information content (AvgIpc) is 3.02. The Morgan fingerprint density at radius 1 is 1.21 bits per heavy atom. The summed E-state index contributed by atoms with van der Waals surface area (Å²) in [5.41, 5.74) is 0.936. The SMILES string of the molecule is CC(C)NC(=O)N1CCN(S(=O)(=O)c2ccc3c(c2)CCO3)CC1. The molecule has 1 aromatic carbocycles. The van der Waals surface area contributed by atoms with Gasteiger partial charge in [0.2, 0.25) is 10.0 Å². The number of piperazine rings is 1. The van der Waals surface area contributed by atoms with Gasteiger partial charge in [-0.05, 0) is 37.6 Å². The summed E-state index contributed by atoms with van der Waals surface area (Å²) in [6.45, 7) is 5.80. The maximum absolute atomic E-state index is 12.8. The highest BCUT2D eigenvalue weighted by Gasteiger charge is 2.31. The molecule has 0 aliphatic carbocycles. The minimum Gasteiger partial charge on any atom is -0.493 e. The van der Waals surface area contributed by atoms with E-state index in [0.717, 1.165) is 17.7 Å². The predicted molar refractivity (Wildman–Crippen MR) is 89.6 cm³/mol. The van der Waals surface area contributed by atoms with Crippen molar-refractivity contribution in [2.75, 3.05) is 32.8 Å². The summed E-state index contributed by atoms with van der Waals surface area (Å²) in [4.78, 5) is 13.9. The van der Waals surface area contributed by atoms with Crippen LogP contribution in [0.2, 0.25) is 0 Å². The molecule has 1 fully saturated rings. The predicted octanol–water partition coefficient (Wildman–Crippen LogP) is 1.05. The summed E-state index contributed by atoms with van der Waals surface area (Å²) in [5.74, 6) is 0.768. The topological polar surface area (TPSA) is 79.0 Å². The van der Waals surface area contributed by atoms with Crippen LogP contribution in [0.3, 0.4) is 0 Å². The van der Waals surface area contributed by atoms with Crippen LogP contribution in [0.1, 0.15) is 19.4 Å². The van der Waals surface area contributed by atoms with Crippen molar-refractivity contribution < 1.29 is 17.9 Å². The van der Waals surface area contributed by atoms with Gasteiger partial charge in [0.25, 0.3) is 0 Å². The minimum absolute atomic E-state index is 0.0629. The van der Waals surface area contributed by atoms with E-state index in [-0.39, 0.29) is 12.1 Å². The zero-order chi connectivity index (χ0) is 17.3. The summed E-state index contributed by atoms with van der Waals surface area (Å²) in [6.07, 6.45) is 0.738. The molecule has 2 amide bonds. The molecule has 0 radical (unpaired) electrons. The second-order valence-corrected chi connectivity index (χ2v) is 8.30. The number of nitrogens with zero attached hydrogens (tertiary/aromatic N) is 2. The third-order valence-corrected chi connectivity index (χ3v) is 6.13. The van der Waals surface area contributed by atoms with Gasteiger partial charge in [0.05, 0.1) is 11.5 Å². The first-order valence-electron chi connectivity index (χ1n) is 8.19. The molecule has 132 valence electrons. The van der Waals surface area contributed by atoms with Gasteiger partial charge in [0, 0.05) is 38.6 Å². The Kier molecular flexibility index (Phi) is 4.69. The van der Waals surface area contributed by atoms with E-state index in [1.165, 1.54) is 4.31 Å². The molecule has 24 heavy (non-hydrogen) atoms. The first-order valence-corrected chi connectivity index (χ1v) is 9.63. The molecular weight excluding hydrogens is 330 g/mol. The molecule has 2 aliphatic heterocycles. The molecular formula is C16H23N3O4S. The number of hydrogen-bond donors (Lipinski definition) is 1. The van der Waals surface area contributed by atoms with Crippen molar-refractivity contribution in [2.24, 2.45) is 0 Å². The molecule has 0 unspecified atom stereocenters. The molecule has 1 saturated heterocycles. The number of ether oxygens (including phenoxy) is 1. The third-order valence-electron chi connectivity index (χ3n) is 4.24. The number of hydrogen-bond acceptors (Lipinski definition) is 4. The Labute approximate surface area is 142 Å². The number of fused-ring (bicyclic) bond motifs is 1. The molecule has 3 rings (SSSR count). The van der Waals surface area contributed by atoms with Crippen LogP contribution < -0.4 is 10.1 Å². The lowest BCUT2D eigenvalue weighted by atomic mass is 10.2. The van der Waals surface area contributed by atoms with Gasteiger partial charge >= 0.3 is 6.03 Å². The monoisotopic (exact) mass is 353 g/mol. The highest BCUT2D eigenvalue weighted by atomic mass is 32.2. The van der Waals surface area contributed by atoms with Gasteiger partial charge in [-0.1, -0.05) is 0 Å². The number of carbonyl (C=O) groups excluding carboxylic acids is 1. The van der Waals surface area contributed by atoms with Gasteiger partial charge in [0.15, 0.2) is 0 Å². The lowest BCUT2D eigenvalue weighted by Gasteiger charge is -2.34. The van der Waals surface area contributed by atoms with E-state index in [4.69, 9.17) is 4.74 Å². The second kappa shape index (κ2) is 6.60. The van der Waals surface area contributed by atoms with Gasteiger partial charge < -0.3 is 15.0 Å². The van der Waals surface area contributed by atoms with E-state index < -0.39 is 10.0 Å². The number of rotatable bonds is 3. The third kappa shape index (κ3) is 3.34. The smallest absolute Gasteiger partial charge is 0.317 e. The number of amides is 2. The van der Waals surface area contributed by atoms with E-state index in [1.54, 1.807) is 23.1 Å². The Morgan fingerprint density at radius 3 is 2.58 bits per heavy atom. The summed E-state index contributed by atoms with van der Waals surface area (Å²) in [6, 6.07) is 4.94. The van der Waals surface area contributed by atoms with Crippen LogP contribution in [0.25, 0.3) is 0 Å². The fraction of sp³-hybridized carbons (Fsp3) is 0.562. The first kappa shape index (κ1) is 17.0. The van der Waals surface area contributed by atoms with Crippen molar-refractivity contribution in [1.29, 1.82) is 0 Å². The molecule has 0 atom stereocenters. The van der Waals surface area contributed by atoms with Crippen LogP contribution in [-0.4, -0.2) is 62.5 Å². The van der Waals surface area contributed by atoms with Gasteiger partial charge in [-0.2, -0.15) is 4.31 Å². The molecule has 8 heteroatoms. The molecule has 0 bridgehead atoms. The normalized spacial score (nSPS) is 18.4. The number of nitrogens with one attached hydrogen (secondary N) is 1. The zero-order valence-electron chi connectivity index (χ0n) is 14.0. The molecule has 7 nitrogen and oxygen atoms in total. The van der Waals surface area contributed by atoms with Crippen molar-refractivity contribution >= 4 is 16.1 Å². The Morgan fingerprint density at radius 2 is 1.92 bits per heavy atom. The summed E-state index contributed by atoms with van der Waals surface area (Å²) in [5, 5.41) is 2.83. The van der Waals surface area contributed by atoms with Crippen molar-refractivity contribution in [1.82, 2.24) is 14.5 Å². The summed E-state index contributed by atoms with van der Waals surface area (Å²) in [7, 11) is -3.54. The number of benzene rings is 1. The quantitative estimate of drug-likeness (QED) is 0.881. The fourth-order valence-corrected chi connectivity index (χ4v) is 4.42. The summed E-state index contributed by atoms with van der Waals surface area (Å²) < 4.78 is 32.5. The van der Waals surface area contributed by atoms with Gasteiger partial charge in [-0.3, -0.25) is 0 Å². The maximum Gasteiger partial charge on any atom is 0.317 e. The minimum atomic E-state index is -3.54. The van der Waals surface area contributed by atoms with Crippen LogP contribution in [0.4, 0.5) is 4.79 Å². The molecule has 0 spiro atoms. The maximum atomic E-state index is 12.8. The van der Waals surface area contributed by atoms with E-state index in [9.17, 15) is 13.2 Å². The van der Waals surface area contributed by atoms with Crippen molar-refractivity contribution in [2.45, 2.75) is 31.2 Å². The standard InChI is InChI=1S/C16H23N3O4S/c1-12(2)17-16(20)18-6-8-19(9-7-18)24(21,22)14-3-4-15-13(11-14)5-10-23-15/h3-4,11-12H,5-10H2,1-2H3,(H,17,20). The number of urea groups is 1. The fourth-order valence-electron chi connectivity index (χ4n) is 2.94. The number of sulfonamides is 1. The zero-order valence-corrected chi connectivity index (χ0v) is 14.8. The van der Waals surface area contributed by atoms with Gasteiger partial charge in [-0.15, -0.1) is 0 Å². The largest absolute Gasteiger partial charge is 0.493 e. The summed E-state index contributed by atoms with van der Waals surface area (Å²) >= 11 is 0. The highest BCUT2D eigenvalue weighted by molar-refractivity contribution is 7.89.